The Balaban J connectivity index is 2.10. The number of furan rings is 1. The van der Waals surface area contributed by atoms with Gasteiger partial charge in [-0.1, -0.05) is 25.1 Å². The summed E-state index contributed by atoms with van der Waals surface area (Å²) in [4.78, 5) is 24.3. The highest BCUT2D eigenvalue weighted by Gasteiger charge is 2.21. The maximum absolute atomic E-state index is 12.2. The minimum absolute atomic E-state index is 0.123. The summed E-state index contributed by atoms with van der Waals surface area (Å²) in [5.74, 6) is 0.338. The lowest BCUT2D eigenvalue weighted by molar-refractivity contribution is -0.115. The van der Waals surface area contributed by atoms with Crippen molar-refractivity contribution in [3.63, 3.8) is 0 Å². The molecule has 0 saturated heterocycles. The standard InChI is InChI=1S/C22H19NO4/c1-4-18(24)23-21-14-7-5-6-8-16(14)27-22(21)15-11-19(25)26-17-10-12(2)9-13(3)20(15)17/h5-11H,4H2,1-3H3,(H,23,24). The Bertz CT molecular complexity index is 1250. The number of anilines is 1. The number of carbonyl (C=O) groups excluding carboxylic acids is 1. The molecule has 0 saturated carbocycles. The van der Waals surface area contributed by atoms with Gasteiger partial charge in [0.1, 0.15) is 11.2 Å². The van der Waals surface area contributed by atoms with E-state index in [1.807, 2.05) is 50.2 Å². The van der Waals surface area contributed by atoms with Crippen molar-refractivity contribution < 1.29 is 13.6 Å². The van der Waals surface area contributed by atoms with Gasteiger partial charge >= 0.3 is 5.63 Å². The highest BCUT2D eigenvalue weighted by Crippen LogP contribution is 2.41. The van der Waals surface area contributed by atoms with Gasteiger partial charge in [-0.3, -0.25) is 4.79 Å². The molecular formula is C22H19NO4. The van der Waals surface area contributed by atoms with E-state index < -0.39 is 5.63 Å². The van der Waals surface area contributed by atoms with Gasteiger partial charge in [0.2, 0.25) is 5.91 Å². The van der Waals surface area contributed by atoms with E-state index in [2.05, 4.69) is 5.32 Å². The van der Waals surface area contributed by atoms with Crippen molar-refractivity contribution in [3.05, 3.63) is 64.0 Å². The highest BCUT2D eigenvalue weighted by atomic mass is 16.4. The van der Waals surface area contributed by atoms with E-state index in [4.69, 9.17) is 8.83 Å². The third-order valence-corrected chi connectivity index (χ3v) is 4.61. The van der Waals surface area contributed by atoms with Crippen LogP contribution in [-0.2, 0) is 4.79 Å². The van der Waals surface area contributed by atoms with E-state index in [0.717, 1.165) is 21.9 Å². The summed E-state index contributed by atoms with van der Waals surface area (Å²) in [6, 6.07) is 12.8. The molecular weight excluding hydrogens is 342 g/mol. The van der Waals surface area contributed by atoms with Crippen molar-refractivity contribution >= 4 is 33.5 Å². The number of rotatable bonds is 3. The van der Waals surface area contributed by atoms with E-state index in [0.29, 0.717) is 34.6 Å². The molecule has 27 heavy (non-hydrogen) atoms. The predicted molar refractivity (Wildman–Crippen MR) is 106 cm³/mol. The van der Waals surface area contributed by atoms with E-state index in [-0.39, 0.29) is 5.91 Å². The van der Waals surface area contributed by atoms with Gasteiger partial charge in [0, 0.05) is 28.8 Å². The van der Waals surface area contributed by atoms with Crippen LogP contribution in [0, 0.1) is 13.8 Å². The van der Waals surface area contributed by atoms with Crippen LogP contribution in [-0.4, -0.2) is 5.91 Å². The Hall–Kier alpha value is -3.34. The van der Waals surface area contributed by atoms with Crippen molar-refractivity contribution in [1.29, 1.82) is 0 Å². The largest absolute Gasteiger partial charge is 0.454 e. The molecule has 0 aliphatic carbocycles. The number of hydrogen-bond acceptors (Lipinski definition) is 4. The second-order valence-electron chi connectivity index (χ2n) is 6.64. The average Bonchev–Trinajstić information content (AvgIpc) is 2.98. The summed E-state index contributed by atoms with van der Waals surface area (Å²) in [5, 5.41) is 4.52. The number of para-hydroxylation sites is 1. The number of aryl methyl sites for hydroxylation is 2. The summed E-state index contributed by atoms with van der Waals surface area (Å²) in [6.07, 6.45) is 0.342. The third-order valence-electron chi connectivity index (χ3n) is 4.61. The number of benzene rings is 2. The lowest BCUT2D eigenvalue weighted by Crippen LogP contribution is -2.10. The van der Waals surface area contributed by atoms with Crippen LogP contribution in [0.25, 0.3) is 33.3 Å². The van der Waals surface area contributed by atoms with E-state index in [1.54, 1.807) is 6.92 Å². The van der Waals surface area contributed by atoms with Crippen molar-refractivity contribution in [3.8, 4) is 11.3 Å². The SMILES string of the molecule is CCC(=O)Nc1c(-c2cc(=O)oc3cc(C)cc(C)c23)oc2ccccc12. The van der Waals surface area contributed by atoms with Crippen molar-refractivity contribution in [2.75, 3.05) is 5.32 Å². The molecule has 2 heterocycles. The number of nitrogens with one attached hydrogen (secondary N) is 1. The average molecular weight is 361 g/mol. The number of amides is 1. The van der Waals surface area contributed by atoms with Crippen molar-refractivity contribution in [1.82, 2.24) is 0 Å². The summed E-state index contributed by atoms with van der Waals surface area (Å²) in [5.41, 5.74) is 3.84. The van der Waals surface area contributed by atoms with Gasteiger partial charge in [0.05, 0.1) is 5.69 Å². The molecule has 0 aliphatic heterocycles. The summed E-state index contributed by atoms with van der Waals surface area (Å²) >= 11 is 0. The summed E-state index contributed by atoms with van der Waals surface area (Å²) in [7, 11) is 0. The highest BCUT2D eigenvalue weighted by molar-refractivity contribution is 6.09. The van der Waals surface area contributed by atoms with Crippen molar-refractivity contribution in [2.24, 2.45) is 0 Å². The Labute approximate surface area is 155 Å². The Kier molecular flexibility index (Phi) is 4.07. The monoisotopic (exact) mass is 361 g/mol. The molecule has 4 aromatic rings. The molecule has 5 nitrogen and oxygen atoms in total. The molecule has 136 valence electrons. The molecule has 0 spiro atoms. The molecule has 0 unspecified atom stereocenters. The smallest absolute Gasteiger partial charge is 0.336 e. The molecule has 2 aromatic heterocycles. The molecule has 1 amide bonds. The summed E-state index contributed by atoms with van der Waals surface area (Å²) < 4.78 is 11.5. The first-order valence-corrected chi connectivity index (χ1v) is 8.84. The quantitative estimate of drug-likeness (QED) is 0.511. The predicted octanol–water partition coefficient (Wildman–Crippen LogP) is 5.17. The zero-order chi connectivity index (χ0) is 19.1. The van der Waals surface area contributed by atoms with Gasteiger partial charge in [0.25, 0.3) is 0 Å². The van der Waals surface area contributed by atoms with Crippen molar-refractivity contribution in [2.45, 2.75) is 27.2 Å². The molecule has 0 radical (unpaired) electrons. The van der Waals surface area contributed by atoms with Gasteiger partial charge < -0.3 is 14.2 Å². The Morgan fingerprint density at radius 3 is 2.59 bits per heavy atom. The van der Waals surface area contributed by atoms with Gasteiger partial charge in [-0.15, -0.1) is 0 Å². The number of hydrogen-bond donors (Lipinski definition) is 1. The van der Waals surface area contributed by atoms with Crippen LogP contribution in [0.1, 0.15) is 24.5 Å². The minimum atomic E-state index is -0.462. The lowest BCUT2D eigenvalue weighted by Gasteiger charge is -2.10. The first kappa shape index (κ1) is 17.1. The van der Waals surface area contributed by atoms with Crippen LogP contribution < -0.4 is 10.9 Å². The van der Waals surface area contributed by atoms with Gasteiger partial charge in [-0.05, 0) is 43.2 Å². The number of fused-ring (bicyclic) bond motifs is 2. The number of carbonyl (C=O) groups is 1. The van der Waals surface area contributed by atoms with Crippen LogP contribution >= 0.6 is 0 Å². The lowest BCUT2D eigenvalue weighted by atomic mass is 10.00. The summed E-state index contributed by atoms with van der Waals surface area (Å²) in [6.45, 7) is 5.70. The molecule has 0 fully saturated rings. The Morgan fingerprint density at radius 1 is 1.04 bits per heavy atom. The van der Waals surface area contributed by atoms with Crippen LogP contribution in [0.3, 0.4) is 0 Å². The van der Waals surface area contributed by atoms with Crippen LogP contribution in [0.4, 0.5) is 5.69 Å². The topological polar surface area (TPSA) is 72.5 Å². The zero-order valence-electron chi connectivity index (χ0n) is 15.4. The van der Waals surface area contributed by atoms with Gasteiger partial charge in [-0.2, -0.15) is 0 Å². The fraction of sp³-hybridized carbons (Fsp3) is 0.182. The van der Waals surface area contributed by atoms with Crippen LogP contribution in [0.5, 0.6) is 0 Å². The Morgan fingerprint density at radius 2 is 1.81 bits per heavy atom. The fourth-order valence-corrected chi connectivity index (χ4v) is 3.45. The zero-order valence-corrected chi connectivity index (χ0v) is 15.4. The second-order valence-corrected chi connectivity index (χ2v) is 6.64. The van der Waals surface area contributed by atoms with E-state index in [1.165, 1.54) is 6.07 Å². The molecule has 5 heteroatoms. The van der Waals surface area contributed by atoms with E-state index >= 15 is 0 Å². The fourth-order valence-electron chi connectivity index (χ4n) is 3.45. The normalized spacial score (nSPS) is 11.2. The van der Waals surface area contributed by atoms with Gasteiger partial charge in [-0.25, -0.2) is 4.79 Å². The molecule has 0 atom stereocenters. The van der Waals surface area contributed by atoms with E-state index in [9.17, 15) is 9.59 Å². The first-order chi connectivity index (χ1) is 13.0. The maximum Gasteiger partial charge on any atom is 0.336 e. The molecule has 0 bridgehead atoms. The van der Waals surface area contributed by atoms with Crippen LogP contribution in [0.15, 0.2) is 56.1 Å². The molecule has 1 N–H and O–H groups in total. The van der Waals surface area contributed by atoms with Gasteiger partial charge in [0.15, 0.2) is 5.76 Å². The molecule has 0 aliphatic rings. The third kappa shape index (κ3) is 2.91. The molecule has 4 rings (SSSR count). The minimum Gasteiger partial charge on any atom is -0.454 e. The molecule has 2 aromatic carbocycles. The van der Waals surface area contributed by atoms with Crippen LogP contribution in [0.2, 0.25) is 0 Å². The first-order valence-electron chi connectivity index (χ1n) is 8.84. The second kappa shape index (κ2) is 6.43. The maximum atomic E-state index is 12.2.